The summed E-state index contributed by atoms with van der Waals surface area (Å²) in [4.78, 5) is 18.0. The van der Waals surface area contributed by atoms with Gasteiger partial charge >= 0.3 is 12.6 Å². The minimum Gasteiger partial charge on any atom is -0.478 e. The number of para-hydroxylation sites is 1. The number of fused-ring (bicyclic) bond motifs is 1. The van der Waals surface area contributed by atoms with E-state index in [1.54, 1.807) is 18.2 Å². The van der Waals surface area contributed by atoms with Gasteiger partial charge in [-0.05, 0) is 69.2 Å². The van der Waals surface area contributed by atoms with Gasteiger partial charge in [0, 0.05) is 30.1 Å². The van der Waals surface area contributed by atoms with E-state index < -0.39 is 18.4 Å². The van der Waals surface area contributed by atoms with E-state index in [9.17, 15) is 23.1 Å². The van der Waals surface area contributed by atoms with Gasteiger partial charge in [0.25, 0.3) is 0 Å². The number of rotatable bonds is 12. The summed E-state index contributed by atoms with van der Waals surface area (Å²) >= 11 is 1.29. The number of aromatic nitrogens is 2. The molecule has 2 aliphatic carbocycles. The van der Waals surface area contributed by atoms with Gasteiger partial charge in [-0.2, -0.15) is 8.78 Å². The lowest BCUT2D eigenvalue weighted by atomic mass is 9.86. The van der Waals surface area contributed by atoms with Crippen LogP contribution in [0.25, 0.3) is 21.5 Å². The van der Waals surface area contributed by atoms with Crippen molar-refractivity contribution < 1.29 is 37.1 Å². The van der Waals surface area contributed by atoms with Crippen LogP contribution in [0.2, 0.25) is 0 Å². The number of carboxylic acids is 1. The SMILES string of the molecule is CCN(C[C@@H]1CCC[C@@H](OCc2c(-c3ccccc3OC(F)F)noc2C2CC2)C1)c1nc2c(F)cc(C(=O)O)cc2s1. The summed E-state index contributed by atoms with van der Waals surface area (Å²) in [6.45, 7) is 0.704. The van der Waals surface area contributed by atoms with Gasteiger partial charge in [0.1, 0.15) is 22.7 Å². The summed E-state index contributed by atoms with van der Waals surface area (Å²) in [6, 6.07) is 9.05. The molecule has 0 bridgehead atoms. The molecule has 0 saturated heterocycles. The van der Waals surface area contributed by atoms with E-state index in [1.165, 1.54) is 23.5 Å². The number of carboxylic acid groups (broad SMARTS) is 1. The molecule has 228 valence electrons. The van der Waals surface area contributed by atoms with Crippen LogP contribution >= 0.6 is 11.3 Å². The second-order valence-corrected chi connectivity index (χ2v) is 12.1. The van der Waals surface area contributed by atoms with Gasteiger partial charge in [-0.15, -0.1) is 0 Å². The molecule has 0 radical (unpaired) electrons. The zero-order valence-electron chi connectivity index (χ0n) is 23.6. The maximum atomic E-state index is 14.6. The Hall–Kier alpha value is -3.64. The van der Waals surface area contributed by atoms with Crippen molar-refractivity contribution >= 4 is 32.7 Å². The average Bonchev–Trinajstić information content (AvgIpc) is 3.59. The molecule has 2 aromatic carbocycles. The minimum atomic E-state index is -2.96. The molecule has 2 saturated carbocycles. The second-order valence-electron chi connectivity index (χ2n) is 11.1. The third kappa shape index (κ3) is 6.50. The zero-order chi connectivity index (χ0) is 30.1. The standard InChI is InChI=1S/C31H32F3N3O5S/c1-2-37(31-35-27-23(32)13-19(29(38)39)14-25(27)43-31)15-17-6-5-7-20(12-17)40-16-22-26(36-42-28(22)18-10-11-18)21-8-3-4-9-24(21)41-30(33)34/h3-4,8-9,13-14,17-18,20,30H,2,5-7,10-12,15-16H2,1H3,(H,38,39)/t17-,20-/m1/s1. The lowest BCUT2D eigenvalue weighted by molar-refractivity contribution is -0.0494. The van der Waals surface area contributed by atoms with Crippen molar-refractivity contribution in [3.63, 3.8) is 0 Å². The Morgan fingerprint density at radius 3 is 2.77 bits per heavy atom. The first-order valence-electron chi connectivity index (χ1n) is 14.5. The molecule has 0 amide bonds. The highest BCUT2D eigenvalue weighted by Crippen LogP contribution is 2.45. The van der Waals surface area contributed by atoms with Crippen LogP contribution in [0.4, 0.5) is 18.3 Å². The third-order valence-corrected chi connectivity index (χ3v) is 9.20. The van der Waals surface area contributed by atoms with Gasteiger partial charge in [0.05, 0.1) is 23.0 Å². The average molecular weight is 616 g/mol. The van der Waals surface area contributed by atoms with Gasteiger partial charge in [-0.25, -0.2) is 14.2 Å². The highest BCUT2D eigenvalue weighted by molar-refractivity contribution is 7.22. The number of thiazole rings is 1. The molecule has 2 aliphatic rings. The Morgan fingerprint density at radius 1 is 1.21 bits per heavy atom. The molecule has 12 heteroatoms. The Labute approximate surface area is 250 Å². The first-order chi connectivity index (χ1) is 20.8. The van der Waals surface area contributed by atoms with Gasteiger partial charge in [-0.3, -0.25) is 0 Å². The fourth-order valence-electron chi connectivity index (χ4n) is 5.85. The lowest BCUT2D eigenvalue weighted by Gasteiger charge is -2.33. The van der Waals surface area contributed by atoms with Crippen LogP contribution in [0, 0.1) is 11.7 Å². The number of alkyl halides is 2. The van der Waals surface area contributed by atoms with Gasteiger partial charge in [0.2, 0.25) is 0 Å². The van der Waals surface area contributed by atoms with E-state index in [0.29, 0.717) is 40.1 Å². The Morgan fingerprint density at radius 2 is 2.02 bits per heavy atom. The molecule has 0 spiro atoms. The number of aromatic carboxylic acids is 1. The molecule has 2 fully saturated rings. The van der Waals surface area contributed by atoms with Crippen LogP contribution in [0.15, 0.2) is 40.9 Å². The summed E-state index contributed by atoms with van der Waals surface area (Å²) in [6.07, 6.45) is 5.69. The Balaban J connectivity index is 1.15. The smallest absolute Gasteiger partial charge is 0.387 e. The van der Waals surface area contributed by atoms with Crippen LogP contribution in [0.1, 0.15) is 73.0 Å². The summed E-state index contributed by atoms with van der Waals surface area (Å²) in [5.74, 6) is -0.451. The van der Waals surface area contributed by atoms with Crippen LogP contribution in [0.5, 0.6) is 5.75 Å². The molecule has 1 N–H and O–H groups in total. The van der Waals surface area contributed by atoms with E-state index in [2.05, 4.69) is 15.0 Å². The van der Waals surface area contributed by atoms with Crippen LogP contribution in [-0.4, -0.2) is 47.0 Å². The van der Waals surface area contributed by atoms with Gasteiger partial charge < -0.3 is 24.0 Å². The number of ether oxygens (including phenoxy) is 2. The summed E-state index contributed by atoms with van der Waals surface area (Å²) < 4.78 is 58.2. The summed E-state index contributed by atoms with van der Waals surface area (Å²) in [5, 5.41) is 14.2. The lowest BCUT2D eigenvalue weighted by Crippen LogP contribution is -2.34. The number of nitrogens with zero attached hydrogens (tertiary/aromatic N) is 3. The molecule has 0 unspecified atom stereocenters. The van der Waals surface area contributed by atoms with Crippen LogP contribution < -0.4 is 9.64 Å². The fourth-order valence-corrected chi connectivity index (χ4v) is 6.94. The van der Waals surface area contributed by atoms with Crippen molar-refractivity contribution in [1.82, 2.24) is 10.1 Å². The topological polar surface area (TPSA) is 97.9 Å². The molecule has 0 aliphatic heterocycles. The number of hydrogen-bond donors (Lipinski definition) is 1. The quantitative estimate of drug-likeness (QED) is 0.172. The molecular formula is C31H32F3N3O5S. The number of carbonyl (C=O) groups is 1. The molecular weight excluding hydrogens is 583 g/mol. The van der Waals surface area contributed by atoms with Crippen molar-refractivity contribution in [2.24, 2.45) is 5.92 Å². The Kier molecular flexibility index (Phi) is 8.58. The van der Waals surface area contributed by atoms with Crippen molar-refractivity contribution in [3.05, 3.63) is 59.1 Å². The second kappa shape index (κ2) is 12.5. The van der Waals surface area contributed by atoms with Gasteiger partial charge in [-0.1, -0.05) is 35.0 Å². The number of anilines is 1. The molecule has 2 atom stereocenters. The Bertz CT molecular complexity index is 1600. The van der Waals surface area contributed by atoms with Crippen LogP contribution in [-0.2, 0) is 11.3 Å². The van der Waals surface area contributed by atoms with Crippen molar-refractivity contribution in [1.29, 1.82) is 0 Å². The largest absolute Gasteiger partial charge is 0.478 e. The molecule has 4 aromatic rings. The molecule has 43 heavy (non-hydrogen) atoms. The highest BCUT2D eigenvalue weighted by Gasteiger charge is 2.34. The monoisotopic (exact) mass is 615 g/mol. The number of hydrogen-bond acceptors (Lipinski definition) is 8. The fraction of sp³-hybridized carbons (Fsp3) is 0.452. The van der Waals surface area contributed by atoms with Crippen molar-refractivity contribution in [2.75, 3.05) is 18.0 Å². The molecule has 6 rings (SSSR count). The number of halogens is 3. The van der Waals surface area contributed by atoms with E-state index in [4.69, 9.17) is 14.0 Å². The molecule has 8 nitrogen and oxygen atoms in total. The summed E-state index contributed by atoms with van der Waals surface area (Å²) in [5.41, 5.74) is 1.78. The maximum absolute atomic E-state index is 14.6. The normalized spacial score (nSPS) is 18.8. The molecule has 2 aromatic heterocycles. The third-order valence-electron chi connectivity index (χ3n) is 8.14. The van der Waals surface area contributed by atoms with E-state index in [-0.39, 0.29) is 35.5 Å². The predicted molar refractivity (Wildman–Crippen MR) is 156 cm³/mol. The van der Waals surface area contributed by atoms with Gasteiger partial charge in [0.15, 0.2) is 10.9 Å². The zero-order valence-corrected chi connectivity index (χ0v) is 24.4. The maximum Gasteiger partial charge on any atom is 0.387 e. The highest BCUT2D eigenvalue weighted by atomic mass is 32.1. The minimum absolute atomic E-state index is 0.00856. The first kappa shape index (κ1) is 29.4. The van der Waals surface area contributed by atoms with Crippen molar-refractivity contribution in [2.45, 2.75) is 70.7 Å². The van der Waals surface area contributed by atoms with E-state index in [1.807, 2.05) is 6.92 Å². The predicted octanol–water partition coefficient (Wildman–Crippen LogP) is 7.87. The summed E-state index contributed by atoms with van der Waals surface area (Å²) in [7, 11) is 0. The van der Waals surface area contributed by atoms with Crippen molar-refractivity contribution in [3.8, 4) is 17.0 Å². The molecule has 2 heterocycles. The van der Waals surface area contributed by atoms with Crippen LogP contribution in [0.3, 0.4) is 0 Å². The van der Waals surface area contributed by atoms with E-state index in [0.717, 1.165) is 55.9 Å². The number of benzene rings is 2. The van der Waals surface area contributed by atoms with E-state index >= 15 is 0 Å². The first-order valence-corrected chi connectivity index (χ1v) is 15.3.